The quantitative estimate of drug-likeness (QED) is 0.195. The van der Waals surface area contributed by atoms with E-state index in [9.17, 15) is 22.0 Å². The van der Waals surface area contributed by atoms with E-state index in [-0.39, 0.29) is 46.6 Å². The summed E-state index contributed by atoms with van der Waals surface area (Å²) in [5, 5.41) is 6.35. The highest BCUT2D eigenvalue weighted by Gasteiger charge is 2.35. The fourth-order valence-corrected chi connectivity index (χ4v) is 9.48. The van der Waals surface area contributed by atoms with Crippen LogP contribution in [0, 0.1) is 24.5 Å². The van der Waals surface area contributed by atoms with Gasteiger partial charge in [-0.1, -0.05) is 29.3 Å². The molecule has 2 atom stereocenters. The van der Waals surface area contributed by atoms with Crippen molar-refractivity contribution in [2.75, 3.05) is 36.8 Å². The first-order chi connectivity index (χ1) is 24.5. The Bertz CT molecular complexity index is 2000. The molecular formula is C35H42ClF2N9O3S. The first kappa shape index (κ1) is 35.5. The van der Waals surface area contributed by atoms with Crippen molar-refractivity contribution in [2.45, 2.75) is 81.3 Å². The minimum Gasteiger partial charge on any atom is -0.369 e. The van der Waals surface area contributed by atoms with Gasteiger partial charge in [0, 0.05) is 49.7 Å². The van der Waals surface area contributed by atoms with E-state index in [2.05, 4.69) is 25.5 Å². The molecule has 16 heteroatoms. The predicted molar refractivity (Wildman–Crippen MR) is 191 cm³/mol. The molecular weight excluding hydrogens is 700 g/mol. The summed E-state index contributed by atoms with van der Waals surface area (Å²) < 4.78 is 59.2. The standard InChI is InChI=1S/C35H42ClF2N9O3S/c1-21-6-12-27(13-7-21)51(49,50)46-15-3-5-26(20-46)45-14-2-4-24(19-45)41-34-40-18-30-33(44-34)47(25-10-8-22(9-11-25)32(39)48)35(42-30)43-31-28(36)16-23(37)17-29(31)38/h6-7,12-13,16-18,22,24-26H,2-5,8-11,14-15,19-20H2,1H3,(H2,39,48)(H,42,43)(H,40,41,44)/t22?,24-,25?,26-/m1/s1. The lowest BCUT2D eigenvalue weighted by molar-refractivity contribution is -0.122. The Labute approximate surface area is 300 Å². The van der Waals surface area contributed by atoms with E-state index in [0.717, 1.165) is 49.9 Å². The van der Waals surface area contributed by atoms with Crippen molar-refractivity contribution in [3.8, 4) is 0 Å². The van der Waals surface area contributed by atoms with E-state index < -0.39 is 21.7 Å². The highest BCUT2D eigenvalue weighted by molar-refractivity contribution is 7.89. The van der Waals surface area contributed by atoms with Crippen LogP contribution in [0.25, 0.3) is 11.2 Å². The number of primary amides is 1. The number of piperidine rings is 2. The Kier molecular flexibility index (Phi) is 10.2. The molecule has 1 amide bonds. The number of aryl methyl sites for hydroxylation is 1. The minimum atomic E-state index is -3.59. The number of sulfonamides is 1. The first-order valence-corrected chi connectivity index (χ1v) is 19.3. The van der Waals surface area contributed by atoms with Crippen LogP contribution in [0.1, 0.15) is 63.0 Å². The number of nitrogens with two attached hydrogens (primary N) is 1. The van der Waals surface area contributed by atoms with Crippen LogP contribution in [0.3, 0.4) is 0 Å². The molecule has 4 heterocycles. The number of carbonyl (C=O) groups excluding carboxylic acids is 1. The molecule has 51 heavy (non-hydrogen) atoms. The second-order valence-electron chi connectivity index (χ2n) is 13.9. The van der Waals surface area contributed by atoms with Crippen LogP contribution in [0.15, 0.2) is 47.5 Å². The van der Waals surface area contributed by atoms with Gasteiger partial charge in [-0.25, -0.2) is 27.2 Å². The normalized spacial score (nSPS) is 23.7. The van der Waals surface area contributed by atoms with Crippen molar-refractivity contribution in [1.82, 2.24) is 28.7 Å². The molecule has 3 aliphatic rings. The average Bonchev–Trinajstić information content (AvgIpc) is 3.47. The van der Waals surface area contributed by atoms with E-state index in [0.29, 0.717) is 67.3 Å². The molecule has 1 aliphatic carbocycles. The average molecular weight is 742 g/mol. The van der Waals surface area contributed by atoms with Crippen LogP contribution < -0.4 is 16.4 Å². The molecule has 2 aromatic heterocycles. The van der Waals surface area contributed by atoms with E-state index >= 15 is 0 Å². The molecule has 3 fully saturated rings. The lowest BCUT2D eigenvalue weighted by atomic mass is 9.85. The van der Waals surface area contributed by atoms with Gasteiger partial charge in [-0.05, 0) is 83.0 Å². The fourth-order valence-electron chi connectivity index (χ4n) is 7.72. The van der Waals surface area contributed by atoms with Gasteiger partial charge < -0.3 is 16.4 Å². The summed E-state index contributed by atoms with van der Waals surface area (Å²) in [6.45, 7) is 4.46. The molecule has 1 saturated carbocycles. The van der Waals surface area contributed by atoms with Gasteiger partial charge in [0.05, 0.1) is 21.8 Å². The maximum atomic E-state index is 14.9. The highest BCUT2D eigenvalue weighted by Crippen LogP contribution is 2.38. The molecule has 0 unspecified atom stereocenters. The summed E-state index contributed by atoms with van der Waals surface area (Å²) in [7, 11) is -3.59. The number of likely N-dealkylation sites (tertiary alicyclic amines) is 1. The number of imidazole rings is 1. The number of halogens is 3. The molecule has 0 bridgehead atoms. The third-order valence-corrected chi connectivity index (χ3v) is 12.6. The molecule has 0 radical (unpaired) electrons. The van der Waals surface area contributed by atoms with Gasteiger partial charge in [-0.2, -0.15) is 9.29 Å². The van der Waals surface area contributed by atoms with Gasteiger partial charge in [0.15, 0.2) is 11.5 Å². The number of hydrogen-bond donors (Lipinski definition) is 3. The van der Waals surface area contributed by atoms with Gasteiger partial charge in [0.1, 0.15) is 11.3 Å². The van der Waals surface area contributed by atoms with Gasteiger partial charge in [0.25, 0.3) is 0 Å². The number of amides is 1. The third kappa shape index (κ3) is 7.52. The van der Waals surface area contributed by atoms with E-state index in [4.69, 9.17) is 22.3 Å². The number of aromatic nitrogens is 4. The van der Waals surface area contributed by atoms with Crippen LogP contribution >= 0.6 is 11.6 Å². The van der Waals surface area contributed by atoms with E-state index in [1.807, 2.05) is 23.6 Å². The monoisotopic (exact) mass is 741 g/mol. The summed E-state index contributed by atoms with van der Waals surface area (Å²) in [6, 6.07) is 8.78. The highest BCUT2D eigenvalue weighted by atomic mass is 35.5. The van der Waals surface area contributed by atoms with Gasteiger partial charge in [-0.15, -0.1) is 0 Å². The van der Waals surface area contributed by atoms with Gasteiger partial charge in [-0.3, -0.25) is 14.3 Å². The van der Waals surface area contributed by atoms with Gasteiger partial charge in [0.2, 0.25) is 27.8 Å². The Balaban J connectivity index is 1.11. The number of anilines is 3. The molecule has 0 spiro atoms. The number of carbonyl (C=O) groups is 1. The summed E-state index contributed by atoms with van der Waals surface area (Å²) in [5.74, 6) is -1.52. The van der Waals surface area contributed by atoms with Gasteiger partial charge >= 0.3 is 0 Å². The maximum Gasteiger partial charge on any atom is 0.243 e. The van der Waals surface area contributed by atoms with E-state index in [1.165, 1.54) is 0 Å². The van der Waals surface area contributed by atoms with Crippen LogP contribution in [0.4, 0.5) is 26.4 Å². The molecule has 2 aliphatic heterocycles. The van der Waals surface area contributed by atoms with Crippen molar-refractivity contribution < 1.29 is 22.0 Å². The molecule has 2 saturated heterocycles. The third-order valence-electron chi connectivity index (χ3n) is 10.5. The molecule has 272 valence electrons. The fraction of sp³-hybridized carbons (Fsp3) is 0.486. The second-order valence-corrected chi connectivity index (χ2v) is 16.3. The van der Waals surface area contributed by atoms with Crippen molar-refractivity contribution in [2.24, 2.45) is 11.7 Å². The molecule has 2 aromatic carbocycles. The SMILES string of the molecule is Cc1ccc(S(=O)(=O)N2CCC[C@@H](N3CCC[C@@H](Nc4ncc5nc(Nc6c(F)cc(F)cc6Cl)n(C6CCC(C(N)=O)CC6)c5n4)C3)C2)cc1. The molecule has 4 aromatic rings. The number of nitrogens with one attached hydrogen (secondary N) is 2. The zero-order valence-corrected chi connectivity index (χ0v) is 29.9. The Hall–Kier alpha value is -3.92. The zero-order valence-electron chi connectivity index (χ0n) is 28.4. The summed E-state index contributed by atoms with van der Waals surface area (Å²) in [5.41, 5.74) is 7.50. The Morgan fingerprint density at radius 1 is 0.961 bits per heavy atom. The molecule has 7 rings (SSSR count). The maximum absolute atomic E-state index is 14.9. The number of rotatable bonds is 9. The van der Waals surface area contributed by atoms with Crippen molar-refractivity contribution in [1.29, 1.82) is 0 Å². The summed E-state index contributed by atoms with van der Waals surface area (Å²) >= 11 is 6.24. The number of hydrogen-bond acceptors (Lipinski definition) is 9. The zero-order chi connectivity index (χ0) is 35.9. The smallest absolute Gasteiger partial charge is 0.243 e. The molecule has 4 N–H and O–H groups in total. The van der Waals surface area contributed by atoms with Crippen molar-refractivity contribution in [3.63, 3.8) is 0 Å². The number of benzene rings is 2. The number of nitrogens with zero attached hydrogens (tertiary/aromatic N) is 6. The molecule has 12 nitrogen and oxygen atoms in total. The lowest BCUT2D eigenvalue weighted by Crippen LogP contribution is -2.54. The van der Waals surface area contributed by atoms with Crippen LogP contribution in [0.5, 0.6) is 0 Å². The predicted octanol–water partition coefficient (Wildman–Crippen LogP) is 5.76. The van der Waals surface area contributed by atoms with Crippen LogP contribution in [0.2, 0.25) is 5.02 Å². The van der Waals surface area contributed by atoms with Crippen molar-refractivity contribution >= 4 is 56.3 Å². The van der Waals surface area contributed by atoms with Crippen LogP contribution in [-0.2, 0) is 14.8 Å². The van der Waals surface area contributed by atoms with E-state index in [1.54, 1.807) is 22.6 Å². The topological polar surface area (TPSA) is 151 Å². The van der Waals surface area contributed by atoms with Crippen molar-refractivity contribution in [3.05, 3.63) is 64.8 Å². The van der Waals surface area contributed by atoms with Crippen LogP contribution in [-0.4, -0.2) is 81.3 Å². The largest absolute Gasteiger partial charge is 0.369 e. The lowest BCUT2D eigenvalue weighted by Gasteiger charge is -2.42. The Morgan fingerprint density at radius 2 is 1.71 bits per heavy atom. The minimum absolute atomic E-state index is 0.0207. The summed E-state index contributed by atoms with van der Waals surface area (Å²) in [6.07, 6.45) is 7.56. The second kappa shape index (κ2) is 14.6. The first-order valence-electron chi connectivity index (χ1n) is 17.5. The number of fused-ring (bicyclic) bond motifs is 1. The Morgan fingerprint density at radius 3 is 2.43 bits per heavy atom. The summed E-state index contributed by atoms with van der Waals surface area (Å²) in [4.78, 5) is 28.7.